The van der Waals surface area contributed by atoms with Gasteiger partial charge in [0.1, 0.15) is 0 Å². The molecule has 1 N–H and O–H groups in total. The van der Waals surface area contributed by atoms with Crippen molar-refractivity contribution in [2.45, 2.75) is 25.8 Å². The molecule has 1 heterocycles. The minimum Gasteiger partial charge on any atom is -0.230 e. The van der Waals surface area contributed by atoms with E-state index in [0.29, 0.717) is 13.1 Å². The molecule has 0 saturated carbocycles. The summed E-state index contributed by atoms with van der Waals surface area (Å²) in [6, 6.07) is 0. The van der Waals surface area contributed by atoms with Crippen LogP contribution in [0.15, 0.2) is 0 Å². The number of nitrogens with one attached hydrogen (secondary N) is 1. The molecular formula is C8H15F3N2O2S. The third-order valence-corrected chi connectivity index (χ3v) is 3.53. The van der Waals surface area contributed by atoms with E-state index in [2.05, 4.69) is 0 Å². The molecule has 0 amide bonds. The highest BCUT2D eigenvalue weighted by atomic mass is 32.2. The molecule has 2 unspecified atom stereocenters. The van der Waals surface area contributed by atoms with Gasteiger partial charge in [0.05, 0.1) is 0 Å². The normalized spacial score (nSPS) is 29.3. The summed E-state index contributed by atoms with van der Waals surface area (Å²) in [6.07, 6.45) is 0.893. The van der Waals surface area contributed by atoms with Gasteiger partial charge in [-0.25, -0.2) is 13.4 Å². The molecule has 16 heavy (non-hydrogen) atoms. The van der Waals surface area contributed by atoms with Crippen molar-refractivity contribution in [3.8, 4) is 0 Å². The predicted molar refractivity (Wildman–Crippen MR) is 52.6 cm³/mol. The lowest BCUT2D eigenvalue weighted by molar-refractivity contribution is -0.0481. The first kappa shape index (κ1) is 13.7. The largest absolute Gasteiger partial charge is 0.512 e. The summed E-state index contributed by atoms with van der Waals surface area (Å²) in [5.41, 5.74) is -5.25. The molecule has 0 aromatic carbocycles. The molecule has 0 spiro atoms. The van der Waals surface area contributed by atoms with Crippen LogP contribution in [0.4, 0.5) is 13.2 Å². The number of halogens is 3. The number of sulfonamides is 1. The van der Waals surface area contributed by atoms with E-state index in [-0.39, 0.29) is 11.8 Å². The van der Waals surface area contributed by atoms with E-state index in [9.17, 15) is 21.6 Å². The molecule has 1 aliphatic rings. The van der Waals surface area contributed by atoms with E-state index in [1.165, 1.54) is 0 Å². The van der Waals surface area contributed by atoms with Gasteiger partial charge in [0.25, 0.3) is 0 Å². The van der Waals surface area contributed by atoms with Crippen molar-refractivity contribution in [1.29, 1.82) is 0 Å². The van der Waals surface area contributed by atoms with E-state index in [1.807, 2.05) is 13.8 Å². The predicted octanol–water partition coefficient (Wildman–Crippen LogP) is 1.32. The monoisotopic (exact) mass is 260 g/mol. The van der Waals surface area contributed by atoms with Crippen LogP contribution < -0.4 is 4.83 Å². The Morgan fingerprint density at radius 2 is 1.62 bits per heavy atom. The van der Waals surface area contributed by atoms with E-state index in [4.69, 9.17) is 0 Å². The summed E-state index contributed by atoms with van der Waals surface area (Å²) in [5, 5.41) is 1.13. The van der Waals surface area contributed by atoms with Crippen LogP contribution in [0.5, 0.6) is 0 Å². The lowest BCUT2D eigenvalue weighted by Gasteiger charge is -2.34. The lowest BCUT2D eigenvalue weighted by atomic mass is 9.93. The van der Waals surface area contributed by atoms with Crippen LogP contribution in [0.25, 0.3) is 0 Å². The lowest BCUT2D eigenvalue weighted by Crippen LogP contribution is -2.52. The maximum Gasteiger partial charge on any atom is 0.512 e. The smallest absolute Gasteiger partial charge is 0.230 e. The molecule has 0 radical (unpaired) electrons. The van der Waals surface area contributed by atoms with E-state index < -0.39 is 15.5 Å². The molecule has 1 fully saturated rings. The number of hydrogen-bond donors (Lipinski definition) is 1. The van der Waals surface area contributed by atoms with Gasteiger partial charge >= 0.3 is 15.5 Å². The van der Waals surface area contributed by atoms with Crippen molar-refractivity contribution in [3.63, 3.8) is 0 Å². The van der Waals surface area contributed by atoms with E-state index >= 15 is 0 Å². The molecule has 2 atom stereocenters. The minimum atomic E-state index is -5.27. The number of hydrogen-bond acceptors (Lipinski definition) is 3. The molecule has 1 saturated heterocycles. The zero-order valence-electron chi connectivity index (χ0n) is 9.08. The number of nitrogens with zero attached hydrogens (tertiary/aromatic N) is 1. The summed E-state index contributed by atoms with van der Waals surface area (Å²) in [5.74, 6) is 0.361. The Morgan fingerprint density at radius 1 is 1.19 bits per heavy atom. The number of rotatable bonds is 2. The zero-order valence-corrected chi connectivity index (χ0v) is 9.90. The Kier molecular flexibility index (Phi) is 3.86. The maximum absolute atomic E-state index is 12.1. The molecule has 96 valence electrons. The summed E-state index contributed by atoms with van der Waals surface area (Å²) in [6.45, 7) is 4.37. The van der Waals surface area contributed by atoms with Crippen LogP contribution in [0.3, 0.4) is 0 Å². The van der Waals surface area contributed by atoms with Gasteiger partial charge in [-0.05, 0) is 18.3 Å². The van der Waals surface area contributed by atoms with Crippen molar-refractivity contribution in [2.24, 2.45) is 11.8 Å². The Labute approximate surface area is 92.8 Å². The topological polar surface area (TPSA) is 49.4 Å². The van der Waals surface area contributed by atoms with Gasteiger partial charge in [-0.3, -0.25) is 0 Å². The van der Waals surface area contributed by atoms with E-state index in [1.54, 1.807) is 4.83 Å². The second kappa shape index (κ2) is 4.50. The fourth-order valence-corrected chi connectivity index (χ4v) is 2.55. The first-order valence-corrected chi connectivity index (χ1v) is 6.44. The number of piperidine rings is 1. The Balaban J connectivity index is 2.68. The molecule has 0 aromatic heterocycles. The minimum absolute atomic E-state index is 0.180. The molecule has 8 heteroatoms. The average molecular weight is 260 g/mol. The Bertz CT molecular complexity index is 332. The van der Waals surface area contributed by atoms with Crippen LogP contribution >= 0.6 is 0 Å². The molecular weight excluding hydrogens is 245 g/mol. The highest BCUT2D eigenvalue weighted by molar-refractivity contribution is 7.90. The second-order valence-corrected chi connectivity index (χ2v) is 6.04. The first-order valence-electron chi connectivity index (χ1n) is 4.95. The fraction of sp³-hybridized carbons (Fsp3) is 1.00. The number of hydrazine groups is 1. The standard InChI is InChI=1S/C8H15F3N2O2S/c1-6-3-7(2)5-13(4-6)12-16(14,15)8(9,10)11/h6-7,12H,3-5H2,1-2H3. The molecule has 1 aliphatic heterocycles. The van der Waals surface area contributed by atoms with Gasteiger partial charge in [-0.2, -0.15) is 13.2 Å². The summed E-state index contributed by atoms with van der Waals surface area (Å²) >= 11 is 0. The van der Waals surface area contributed by atoms with Crippen LogP contribution in [0.1, 0.15) is 20.3 Å². The highest BCUT2D eigenvalue weighted by Crippen LogP contribution is 2.24. The molecule has 4 nitrogen and oxygen atoms in total. The zero-order chi connectivity index (χ0) is 12.6. The van der Waals surface area contributed by atoms with Crippen LogP contribution in [-0.4, -0.2) is 32.0 Å². The van der Waals surface area contributed by atoms with E-state index in [0.717, 1.165) is 11.4 Å². The Hall–Kier alpha value is -0.340. The molecule has 1 rings (SSSR count). The third kappa shape index (κ3) is 3.33. The summed E-state index contributed by atoms with van der Waals surface area (Å²) < 4.78 is 58.0. The van der Waals surface area contributed by atoms with Gasteiger partial charge < -0.3 is 0 Å². The van der Waals surface area contributed by atoms with Crippen molar-refractivity contribution in [1.82, 2.24) is 9.84 Å². The van der Waals surface area contributed by atoms with Crippen LogP contribution in [0, 0.1) is 11.8 Å². The molecule has 0 bridgehead atoms. The van der Waals surface area contributed by atoms with Gasteiger partial charge in [0.2, 0.25) is 0 Å². The quantitative estimate of drug-likeness (QED) is 0.814. The second-order valence-electron chi connectivity index (χ2n) is 4.39. The van der Waals surface area contributed by atoms with Gasteiger partial charge in [-0.15, -0.1) is 4.83 Å². The van der Waals surface area contributed by atoms with Crippen LogP contribution in [-0.2, 0) is 10.0 Å². The molecule has 0 aromatic rings. The summed E-state index contributed by atoms with van der Waals surface area (Å²) in [4.78, 5) is 1.58. The average Bonchev–Trinajstić information content (AvgIpc) is 1.97. The first-order chi connectivity index (χ1) is 7.12. The van der Waals surface area contributed by atoms with Crippen molar-refractivity contribution < 1.29 is 21.6 Å². The highest BCUT2D eigenvalue weighted by Gasteiger charge is 2.47. The maximum atomic E-state index is 12.1. The molecule has 0 aliphatic carbocycles. The van der Waals surface area contributed by atoms with Crippen molar-refractivity contribution >= 4 is 10.0 Å². The number of alkyl halides is 3. The van der Waals surface area contributed by atoms with Crippen molar-refractivity contribution in [3.05, 3.63) is 0 Å². The summed E-state index contributed by atoms with van der Waals surface area (Å²) in [7, 11) is -5.27. The SMILES string of the molecule is CC1CC(C)CN(NS(=O)(=O)C(F)(F)F)C1. The van der Waals surface area contributed by atoms with Gasteiger partial charge in [0.15, 0.2) is 0 Å². The Morgan fingerprint density at radius 3 is 2.00 bits per heavy atom. The van der Waals surface area contributed by atoms with Gasteiger partial charge in [0, 0.05) is 13.1 Å². The van der Waals surface area contributed by atoms with Crippen molar-refractivity contribution in [2.75, 3.05) is 13.1 Å². The van der Waals surface area contributed by atoms with Crippen LogP contribution in [0.2, 0.25) is 0 Å². The third-order valence-electron chi connectivity index (χ3n) is 2.42. The van der Waals surface area contributed by atoms with Gasteiger partial charge in [-0.1, -0.05) is 13.8 Å². The fourth-order valence-electron chi connectivity index (χ4n) is 1.96.